The molecule has 1 aromatic heterocycles. The molecule has 0 bridgehead atoms. The Balaban J connectivity index is 1.70. The minimum Gasteiger partial charge on any atom is -0.497 e. The highest BCUT2D eigenvalue weighted by Gasteiger charge is 2.32. The third-order valence-electron chi connectivity index (χ3n) is 4.34. The van der Waals surface area contributed by atoms with Gasteiger partial charge in [0, 0.05) is 26.2 Å². The molecule has 0 N–H and O–H groups in total. The van der Waals surface area contributed by atoms with Crippen LogP contribution in [0.1, 0.15) is 18.5 Å². The van der Waals surface area contributed by atoms with Gasteiger partial charge in [-0.15, -0.1) is 0 Å². The second-order valence-corrected chi connectivity index (χ2v) is 6.23. The van der Waals surface area contributed by atoms with Crippen molar-refractivity contribution in [1.29, 1.82) is 0 Å². The predicted molar refractivity (Wildman–Crippen MR) is 90.6 cm³/mol. The number of hydrogen-bond acceptors (Lipinski definition) is 5. The molecule has 2 heterocycles. The molecule has 0 spiro atoms. The summed E-state index contributed by atoms with van der Waals surface area (Å²) in [5.41, 5.74) is 1.75. The first-order valence-corrected chi connectivity index (χ1v) is 8.12. The molecule has 1 aliphatic heterocycles. The largest absolute Gasteiger partial charge is 0.497 e. The summed E-state index contributed by atoms with van der Waals surface area (Å²) in [6.45, 7) is 1.54. The third kappa shape index (κ3) is 3.43. The SMILES string of the molecule is COc1ccc(-c2nc(CN3CCCC3C(=O)N(C)C)co2)cc1. The molecular weight excluding hydrogens is 306 g/mol. The van der Waals surface area contributed by atoms with E-state index in [2.05, 4.69) is 9.88 Å². The third-order valence-corrected chi connectivity index (χ3v) is 4.34. The van der Waals surface area contributed by atoms with Crippen molar-refractivity contribution in [1.82, 2.24) is 14.8 Å². The second-order valence-electron chi connectivity index (χ2n) is 6.23. The van der Waals surface area contributed by atoms with Crippen LogP contribution in [0.25, 0.3) is 11.5 Å². The van der Waals surface area contributed by atoms with E-state index in [0.29, 0.717) is 12.4 Å². The minimum atomic E-state index is -0.0545. The van der Waals surface area contributed by atoms with Gasteiger partial charge in [-0.1, -0.05) is 0 Å². The maximum absolute atomic E-state index is 12.3. The molecule has 128 valence electrons. The normalized spacial score (nSPS) is 17.9. The Hall–Kier alpha value is -2.34. The van der Waals surface area contributed by atoms with Crippen molar-refractivity contribution in [3.63, 3.8) is 0 Å². The van der Waals surface area contributed by atoms with Gasteiger partial charge in [-0.05, 0) is 43.7 Å². The van der Waals surface area contributed by atoms with Crippen molar-refractivity contribution in [2.24, 2.45) is 0 Å². The lowest BCUT2D eigenvalue weighted by Crippen LogP contribution is -2.42. The summed E-state index contributed by atoms with van der Waals surface area (Å²) >= 11 is 0. The van der Waals surface area contributed by atoms with Crippen LogP contribution >= 0.6 is 0 Å². The number of aromatic nitrogens is 1. The highest BCUT2D eigenvalue weighted by atomic mass is 16.5. The van der Waals surface area contributed by atoms with Crippen LogP contribution in [-0.4, -0.2) is 54.5 Å². The van der Waals surface area contributed by atoms with Crippen molar-refractivity contribution in [2.75, 3.05) is 27.7 Å². The molecule has 24 heavy (non-hydrogen) atoms. The predicted octanol–water partition coefficient (Wildman–Crippen LogP) is 2.40. The van der Waals surface area contributed by atoms with Crippen LogP contribution in [0, 0.1) is 0 Å². The molecule has 1 saturated heterocycles. The second kappa shape index (κ2) is 7.05. The van der Waals surface area contributed by atoms with Crippen LogP contribution in [0.4, 0.5) is 0 Å². The van der Waals surface area contributed by atoms with Gasteiger partial charge in [0.15, 0.2) is 0 Å². The number of ether oxygens (including phenoxy) is 1. The highest BCUT2D eigenvalue weighted by Crippen LogP contribution is 2.24. The lowest BCUT2D eigenvalue weighted by molar-refractivity contribution is -0.133. The van der Waals surface area contributed by atoms with Gasteiger partial charge < -0.3 is 14.1 Å². The molecule has 1 aliphatic rings. The van der Waals surface area contributed by atoms with Crippen LogP contribution in [0.3, 0.4) is 0 Å². The summed E-state index contributed by atoms with van der Waals surface area (Å²) in [5.74, 6) is 1.54. The number of hydrogen-bond donors (Lipinski definition) is 0. The zero-order valence-electron chi connectivity index (χ0n) is 14.4. The first-order chi connectivity index (χ1) is 11.6. The van der Waals surface area contributed by atoms with E-state index in [-0.39, 0.29) is 11.9 Å². The lowest BCUT2D eigenvalue weighted by atomic mass is 10.2. The Labute approximate surface area is 142 Å². The molecule has 3 rings (SSSR count). The summed E-state index contributed by atoms with van der Waals surface area (Å²) in [6.07, 6.45) is 3.61. The molecule has 6 heteroatoms. The van der Waals surface area contributed by atoms with Crippen molar-refractivity contribution in [3.8, 4) is 17.2 Å². The van der Waals surface area contributed by atoms with E-state index in [4.69, 9.17) is 9.15 Å². The van der Waals surface area contributed by atoms with E-state index in [9.17, 15) is 4.79 Å². The summed E-state index contributed by atoms with van der Waals surface area (Å²) in [4.78, 5) is 20.7. The van der Waals surface area contributed by atoms with Crippen LogP contribution < -0.4 is 4.74 Å². The van der Waals surface area contributed by atoms with Gasteiger partial charge in [-0.25, -0.2) is 4.98 Å². The standard InChI is InChI=1S/C18H23N3O3/c1-20(2)18(22)16-5-4-10-21(16)11-14-12-24-17(19-14)13-6-8-15(23-3)9-7-13/h6-9,12,16H,4-5,10-11H2,1-3H3. The number of carbonyl (C=O) groups excluding carboxylic acids is 1. The lowest BCUT2D eigenvalue weighted by Gasteiger charge is -2.25. The van der Waals surface area contributed by atoms with Gasteiger partial charge in [0.2, 0.25) is 11.8 Å². The van der Waals surface area contributed by atoms with Crippen LogP contribution in [-0.2, 0) is 11.3 Å². The number of amides is 1. The van der Waals surface area contributed by atoms with Crippen molar-refractivity contribution in [3.05, 3.63) is 36.2 Å². The number of benzene rings is 1. The molecule has 2 aromatic rings. The molecule has 6 nitrogen and oxygen atoms in total. The molecule has 1 fully saturated rings. The van der Waals surface area contributed by atoms with Crippen molar-refractivity contribution in [2.45, 2.75) is 25.4 Å². The van der Waals surface area contributed by atoms with Gasteiger partial charge in [0.25, 0.3) is 0 Å². The first kappa shape index (κ1) is 16.5. The molecule has 1 atom stereocenters. The molecule has 0 aliphatic carbocycles. The number of likely N-dealkylation sites (tertiary alicyclic amines) is 1. The molecule has 1 unspecified atom stereocenters. The van der Waals surface area contributed by atoms with E-state index in [0.717, 1.165) is 36.4 Å². The van der Waals surface area contributed by atoms with Crippen LogP contribution in [0.2, 0.25) is 0 Å². The number of nitrogens with zero attached hydrogens (tertiary/aromatic N) is 3. The fourth-order valence-electron chi connectivity index (χ4n) is 3.05. The van der Waals surface area contributed by atoms with Crippen LogP contribution in [0.15, 0.2) is 34.9 Å². The van der Waals surface area contributed by atoms with E-state index in [1.54, 1.807) is 32.4 Å². The number of carbonyl (C=O) groups is 1. The number of likely N-dealkylation sites (N-methyl/N-ethyl adjacent to an activating group) is 1. The summed E-state index contributed by atoms with van der Waals surface area (Å²) in [5, 5.41) is 0. The Kier molecular flexibility index (Phi) is 4.85. The van der Waals surface area contributed by atoms with Gasteiger partial charge in [-0.2, -0.15) is 0 Å². The summed E-state index contributed by atoms with van der Waals surface area (Å²) < 4.78 is 10.8. The molecule has 1 amide bonds. The number of rotatable bonds is 5. The van der Waals surface area contributed by atoms with E-state index in [1.165, 1.54) is 0 Å². The Morgan fingerprint density at radius 3 is 2.79 bits per heavy atom. The summed E-state index contributed by atoms with van der Waals surface area (Å²) in [7, 11) is 5.24. The van der Waals surface area contributed by atoms with Gasteiger partial charge in [0.05, 0.1) is 18.8 Å². The monoisotopic (exact) mass is 329 g/mol. The molecule has 0 saturated carbocycles. The zero-order chi connectivity index (χ0) is 17.1. The maximum atomic E-state index is 12.3. The first-order valence-electron chi connectivity index (χ1n) is 8.12. The van der Waals surface area contributed by atoms with E-state index >= 15 is 0 Å². The fraction of sp³-hybridized carbons (Fsp3) is 0.444. The smallest absolute Gasteiger partial charge is 0.239 e. The quantitative estimate of drug-likeness (QED) is 0.843. The van der Waals surface area contributed by atoms with Crippen molar-refractivity contribution >= 4 is 5.91 Å². The van der Waals surface area contributed by atoms with Gasteiger partial charge in [-0.3, -0.25) is 9.69 Å². The van der Waals surface area contributed by atoms with Crippen molar-refractivity contribution < 1.29 is 13.9 Å². The van der Waals surface area contributed by atoms with Crippen LogP contribution in [0.5, 0.6) is 5.75 Å². The maximum Gasteiger partial charge on any atom is 0.239 e. The Morgan fingerprint density at radius 1 is 1.38 bits per heavy atom. The minimum absolute atomic E-state index is 0.0545. The topological polar surface area (TPSA) is 58.8 Å². The molecule has 1 aromatic carbocycles. The molecule has 0 radical (unpaired) electrons. The number of methoxy groups -OCH3 is 1. The van der Waals surface area contributed by atoms with Gasteiger partial charge in [0.1, 0.15) is 12.0 Å². The van der Waals surface area contributed by atoms with Gasteiger partial charge >= 0.3 is 0 Å². The van der Waals surface area contributed by atoms with E-state index in [1.807, 2.05) is 24.3 Å². The Bertz CT molecular complexity index is 694. The molecular formula is C18H23N3O3. The average molecular weight is 329 g/mol. The Morgan fingerprint density at radius 2 is 2.12 bits per heavy atom. The highest BCUT2D eigenvalue weighted by molar-refractivity contribution is 5.81. The summed E-state index contributed by atoms with van der Waals surface area (Å²) in [6, 6.07) is 7.54. The fourth-order valence-corrected chi connectivity index (χ4v) is 3.05. The average Bonchev–Trinajstić information content (AvgIpc) is 3.24. The zero-order valence-corrected chi connectivity index (χ0v) is 14.4. The van der Waals surface area contributed by atoms with E-state index < -0.39 is 0 Å². The number of oxazole rings is 1.